The van der Waals surface area contributed by atoms with E-state index in [9.17, 15) is 9.59 Å². The van der Waals surface area contributed by atoms with E-state index in [0.29, 0.717) is 6.42 Å². The van der Waals surface area contributed by atoms with E-state index in [2.05, 4.69) is 6.58 Å². The predicted octanol–water partition coefficient (Wildman–Crippen LogP) is 1.11. The lowest BCUT2D eigenvalue weighted by molar-refractivity contribution is -0.124. The van der Waals surface area contributed by atoms with Crippen LogP contribution in [0.5, 0.6) is 0 Å². The molecule has 0 rings (SSSR count). The normalized spacial score (nSPS) is 8.56. The van der Waals surface area contributed by atoms with E-state index in [1.807, 2.05) is 0 Å². The molecule has 0 aromatic rings. The molecule has 0 aromatic heterocycles. The highest BCUT2D eigenvalue weighted by Crippen LogP contribution is 1.89. The standard InChI is InChI=1S/C7H10O2/c1-3-6(8)5-7(9)4-2/h3H,1,4-5H2,2H3. The van der Waals surface area contributed by atoms with E-state index in [4.69, 9.17) is 0 Å². The second kappa shape index (κ2) is 4.01. The molecular formula is C7H10O2. The molecule has 0 bridgehead atoms. The maximum atomic E-state index is 10.5. The van der Waals surface area contributed by atoms with Gasteiger partial charge < -0.3 is 0 Å². The monoisotopic (exact) mass is 126 g/mol. The molecule has 0 aliphatic carbocycles. The van der Waals surface area contributed by atoms with Crippen LogP contribution in [0, 0.1) is 0 Å². The maximum absolute atomic E-state index is 10.5. The number of Topliss-reactive ketones (excluding diaryl/α,β-unsaturated/α-hetero) is 1. The molecule has 50 valence electrons. The van der Waals surface area contributed by atoms with Crippen molar-refractivity contribution in [3.63, 3.8) is 0 Å². The van der Waals surface area contributed by atoms with Gasteiger partial charge in [-0.3, -0.25) is 9.59 Å². The van der Waals surface area contributed by atoms with Crippen LogP contribution in [0.3, 0.4) is 0 Å². The quantitative estimate of drug-likeness (QED) is 0.417. The van der Waals surface area contributed by atoms with Crippen molar-refractivity contribution in [2.24, 2.45) is 0 Å². The molecule has 0 amide bonds. The van der Waals surface area contributed by atoms with Gasteiger partial charge in [0, 0.05) is 6.42 Å². The number of hydrogen-bond donors (Lipinski definition) is 0. The molecule has 0 heterocycles. The van der Waals surface area contributed by atoms with Crippen LogP contribution < -0.4 is 0 Å². The van der Waals surface area contributed by atoms with Crippen molar-refractivity contribution >= 4 is 11.6 Å². The van der Waals surface area contributed by atoms with Gasteiger partial charge >= 0.3 is 0 Å². The van der Waals surface area contributed by atoms with Gasteiger partial charge in [0.25, 0.3) is 0 Å². The van der Waals surface area contributed by atoms with Crippen molar-refractivity contribution < 1.29 is 9.59 Å². The van der Waals surface area contributed by atoms with Gasteiger partial charge in [-0.05, 0) is 6.08 Å². The first-order chi connectivity index (χ1) is 4.20. The van der Waals surface area contributed by atoms with Crippen molar-refractivity contribution in [1.82, 2.24) is 0 Å². The molecule has 0 aliphatic rings. The Labute approximate surface area is 54.6 Å². The van der Waals surface area contributed by atoms with E-state index >= 15 is 0 Å². The van der Waals surface area contributed by atoms with Gasteiger partial charge in [0.05, 0.1) is 6.42 Å². The number of carbonyl (C=O) groups is 2. The van der Waals surface area contributed by atoms with Crippen molar-refractivity contribution in [3.05, 3.63) is 12.7 Å². The fourth-order valence-electron chi connectivity index (χ4n) is 0.391. The minimum Gasteiger partial charge on any atom is -0.299 e. The van der Waals surface area contributed by atoms with E-state index in [1.54, 1.807) is 6.92 Å². The minimum absolute atomic E-state index is 0.0139. The van der Waals surface area contributed by atoms with Crippen LogP contribution in [-0.4, -0.2) is 11.6 Å². The smallest absolute Gasteiger partial charge is 0.162 e. The number of ketones is 2. The number of hydrogen-bond acceptors (Lipinski definition) is 2. The first kappa shape index (κ1) is 8.08. The second-order valence-electron chi connectivity index (χ2n) is 1.74. The summed E-state index contributed by atoms with van der Waals surface area (Å²) >= 11 is 0. The van der Waals surface area contributed by atoms with Crippen molar-refractivity contribution in [1.29, 1.82) is 0 Å². The molecule has 0 aliphatic heterocycles. The summed E-state index contributed by atoms with van der Waals surface area (Å²) in [5, 5.41) is 0. The maximum Gasteiger partial charge on any atom is 0.162 e. The van der Waals surface area contributed by atoms with Crippen LogP contribution >= 0.6 is 0 Å². The summed E-state index contributed by atoms with van der Waals surface area (Å²) in [6, 6.07) is 0. The van der Waals surface area contributed by atoms with Gasteiger partial charge in [-0.1, -0.05) is 13.5 Å². The predicted molar refractivity (Wildman–Crippen MR) is 35.1 cm³/mol. The summed E-state index contributed by atoms with van der Waals surface area (Å²) in [6.45, 7) is 4.98. The van der Waals surface area contributed by atoms with E-state index in [-0.39, 0.29) is 18.0 Å². The van der Waals surface area contributed by atoms with Crippen LogP contribution in [0.2, 0.25) is 0 Å². The molecule has 0 unspecified atom stereocenters. The molecular weight excluding hydrogens is 116 g/mol. The highest BCUT2D eigenvalue weighted by molar-refractivity contribution is 6.04. The largest absolute Gasteiger partial charge is 0.299 e. The lowest BCUT2D eigenvalue weighted by Crippen LogP contribution is -2.02. The molecule has 9 heavy (non-hydrogen) atoms. The third-order valence-corrected chi connectivity index (χ3v) is 0.993. The molecule has 0 saturated heterocycles. The molecule has 0 atom stereocenters. The number of allylic oxidation sites excluding steroid dienone is 1. The summed E-state index contributed by atoms with van der Waals surface area (Å²) in [4.78, 5) is 21.0. The molecule has 0 spiro atoms. The van der Waals surface area contributed by atoms with E-state index in [1.165, 1.54) is 6.08 Å². The Hall–Kier alpha value is -0.920. The Kier molecular flexibility index (Phi) is 3.60. The molecule has 0 fully saturated rings. The topological polar surface area (TPSA) is 34.1 Å². The highest BCUT2D eigenvalue weighted by atomic mass is 16.1. The van der Waals surface area contributed by atoms with Gasteiger partial charge in [0.2, 0.25) is 0 Å². The van der Waals surface area contributed by atoms with Crippen LogP contribution in [0.15, 0.2) is 12.7 Å². The SMILES string of the molecule is C=CC(=O)CC(=O)CC. The highest BCUT2D eigenvalue weighted by Gasteiger charge is 2.01. The summed E-state index contributed by atoms with van der Waals surface area (Å²) in [5.74, 6) is -0.221. The Balaban J connectivity index is 3.59. The van der Waals surface area contributed by atoms with Crippen LogP contribution in [-0.2, 0) is 9.59 Å². The van der Waals surface area contributed by atoms with Crippen molar-refractivity contribution in [2.75, 3.05) is 0 Å². The molecule has 2 heteroatoms. The number of carbonyl (C=O) groups excluding carboxylic acids is 2. The average Bonchev–Trinajstić information content (AvgIpc) is 1.87. The molecule has 0 saturated carbocycles. The Morgan fingerprint density at radius 3 is 2.44 bits per heavy atom. The van der Waals surface area contributed by atoms with E-state index in [0.717, 1.165) is 0 Å². The third kappa shape index (κ3) is 3.64. The lowest BCUT2D eigenvalue weighted by atomic mass is 10.2. The zero-order valence-electron chi connectivity index (χ0n) is 5.52. The molecule has 0 radical (unpaired) electrons. The fraction of sp³-hybridized carbons (Fsp3) is 0.429. The Bertz CT molecular complexity index is 136. The minimum atomic E-state index is -0.193. The van der Waals surface area contributed by atoms with Gasteiger partial charge in [0.15, 0.2) is 5.78 Å². The summed E-state index contributed by atoms with van der Waals surface area (Å²) in [6.07, 6.45) is 1.62. The zero-order chi connectivity index (χ0) is 7.28. The second-order valence-corrected chi connectivity index (χ2v) is 1.74. The van der Waals surface area contributed by atoms with Crippen LogP contribution in [0.25, 0.3) is 0 Å². The van der Waals surface area contributed by atoms with Crippen molar-refractivity contribution in [2.45, 2.75) is 19.8 Å². The van der Waals surface area contributed by atoms with Crippen LogP contribution in [0.4, 0.5) is 0 Å². The lowest BCUT2D eigenvalue weighted by Gasteiger charge is -1.88. The van der Waals surface area contributed by atoms with Crippen LogP contribution in [0.1, 0.15) is 19.8 Å². The summed E-state index contributed by atoms with van der Waals surface area (Å²) in [7, 11) is 0. The van der Waals surface area contributed by atoms with Gasteiger partial charge in [-0.25, -0.2) is 0 Å². The third-order valence-electron chi connectivity index (χ3n) is 0.993. The average molecular weight is 126 g/mol. The van der Waals surface area contributed by atoms with Gasteiger partial charge in [0.1, 0.15) is 5.78 Å². The molecule has 0 aromatic carbocycles. The Morgan fingerprint density at radius 1 is 1.56 bits per heavy atom. The zero-order valence-corrected chi connectivity index (χ0v) is 5.52. The summed E-state index contributed by atoms with van der Waals surface area (Å²) < 4.78 is 0. The first-order valence-electron chi connectivity index (χ1n) is 2.87. The van der Waals surface area contributed by atoms with Gasteiger partial charge in [-0.2, -0.15) is 0 Å². The van der Waals surface area contributed by atoms with Crippen molar-refractivity contribution in [3.8, 4) is 0 Å². The van der Waals surface area contributed by atoms with Gasteiger partial charge in [-0.15, -0.1) is 0 Å². The molecule has 2 nitrogen and oxygen atoms in total. The fourth-order valence-corrected chi connectivity index (χ4v) is 0.391. The Morgan fingerprint density at radius 2 is 2.11 bits per heavy atom. The number of rotatable bonds is 4. The first-order valence-corrected chi connectivity index (χ1v) is 2.87. The van der Waals surface area contributed by atoms with E-state index < -0.39 is 0 Å². The molecule has 0 N–H and O–H groups in total. The summed E-state index contributed by atoms with van der Waals surface area (Å²) in [5.41, 5.74) is 0.